The SMILES string of the molecule is C[C@@H]1CCCCN1C(=O)COC(=O)CN1C(=O)c2ccccc2C1=O. The lowest BCUT2D eigenvalue weighted by Gasteiger charge is -2.33. The van der Waals surface area contributed by atoms with Crippen molar-refractivity contribution >= 4 is 23.7 Å². The first-order chi connectivity index (χ1) is 12.0. The van der Waals surface area contributed by atoms with E-state index in [1.807, 2.05) is 6.92 Å². The van der Waals surface area contributed by atoms with Crippen LogP contribution in [0.2, 0.25) is 0 Å². The molecular weight excluding hydrogens is 324 g/mol. The fourth-order valence-corrected chi connectivity index (χ4v) is 3.25. The maximum absolute atomic E-state index is 12.2. The topological polar surface area (TPSA) is 84.0 Å². The van der Waals surface area contributed by atoms with Crippen LogP contribution in [0.15, 0.2) is 24.3 Å². The van der Waals surface area contributed by atoms with E-state index in [4.69, 9.17) is 4.74 Å². The molecule has 1 aromatic rings. The van der Waals surface area contributed by atoms with Crippen LogP contribution in [0.3, 0.4) is 0 Å². The van der Waals surface area contributed by atoms with Crippen molar-refractivity contribution in [3.63, 3.8) is 0 Å². The van der Waals surface area contributed by atoms with Crippen LogP contribution < -0.4 is 0 Å². The number of rotatable bonds is 4. The summed E-state index contributed by atoms with van der Waals surface area (Å²) in [4.78, 5) is 51.1. The second-order valence-corrected chi connectivity index (χ2v) is 6.33. The van der Waals surface area contributed by atoms with E-state index in [-0.39, 0.29) is 29.7 Å². The van der Waals surface area contributed by atoms with E-state index in [9.17, 15) is 19.2 Å². The van der Waals surface area contributed by atoms with Gasteiger partial charge in [0, 0.05) is 12.6 Å². The molecule has 2 aliphatic heterocycles. The van der Waals surface area contributed by atoms with Gasteiger partial charge in [-0.15, -0.1) is 0 Å². The molecule has 0 unspecified atom stereocenters. The van der Waals surface area contributed by atoms with Gasteiger partial charge in [0.1, 0.15) is 6.54 Å². The lowest BCUT2D eigenvalue weighted by atomic mass is 10.0. The highest BCUT2D eigenvalue weighted by molar-refractivity contribution is 6.22. The van der Waals surface area contributed by atoms with Gasteiger partial charge < -0.3 is 9.64 Å². The first-order valence-electron chi connectivity index (χ1n) is 8.39. The minimum absolute atomic E-state index is 0.135. The number of likely N-dealkylation sites (tertiary alicyclic amines) is 1. The van der Waals surface area contributed by atoms with Crippen LogP contribution in [0.5, 0.6) is 0 Å². The van der Waals surface area contributed by atoms with Crippen molar-refractivity contribution < 1.29 is 23.9 Å². The molecular formula is C18H20N2O5. The summed E-state index contributed by atoms with van der Waals surface area (Å²) in [5, 5.41) is 0. The van der Waals surface area contributed by atoms with Crippen LogP contribution in [-0.4, -0.2) is 59.2 Å². The Balaban J connectivity index is 1.54. The van der Waals surface area contributed by atoms with E-state index >= 15 is 0 Å². The molecule has 2 aliphatic rings. The fourth-order valence-electron chi connectivity index (χ4n) is 3.25. The van der Waals surface area contributed by atoms with Crippen LogP contribution in [0.1, 0.15) is 46.9 Å². The van der Waals surface area contributed by atoms with Gasteiger partial charge in [0.2, 0.25) is 0 Å². The molecule has 2 heterocycles. The number of carbonyl (C=O) groups is 4. The predicted octanol–water partition coefficient (Wildman–Crippen LogP) is 1.23. The molecule has 0 saturated carbocycles. The predicted molar refractivity (Wildman–Crippen MR) is 87.8 cm³/mol. The first-order valence-corrected chi connectivity index (χ1v) is 8.39. The van der Waals surface area contributed by atoms with Gasteiger partial charge in [-0.05, 0) is 38.3 Å². The van der Waals surface area contributed by atoms with E-state index < -0.39 is 24.3 Å². The van der Waals surface area contributed by atoms with Crippen LogP contribution in [0.4, 0.5) is 0 Å². The third-order valence-electron chi connectivity index (χ3n) is 4.65. The number of imide groups is 1. The summed E-state index contributed by atoms with van der Waals surface area (Å²) in [7, 11) is 0. The molecule has 0 spiro atoms. The second kappa shape index (κ2) is 7.04. The zero-order chi connectivity index (χ0) is 18.0. The summed E-state index contributed by atoms with van der Waals surface area (Å²) < 4.78 is 4.99. The maximum Gasteiger partial charge on any atom is 0.326 e. The van der Waals surface area contributed by atoms with Crippen molar-refractivity contribution in [1.29, 1.82) is 0 Å². The average Bonchev–Trinajstić information content (AvgIpc) is 2.85. The summed E-state index contributed by atoms with van der Waals surface area (Å²) in [6.07, 6.45) is 2.97. The van der Waals surface area contributed by atoms with Gasteiger partial charge in [-0.3, -0.25) is 24.1 Å². The van der Waals surface area contributed by atoms with Gasteiger partial charge in [-0.2, -0.15) is 0 Å². The standard InChI is InChI=1S/C18H20N2O5/c1-12-6-4-5-9-19(12)15(21)11-25-16(22)10-20-17(23)13-7-2-3-8-14(13)18(20)24/h2-3,7-8,12H,4-6,9-11H2,1H3/t12-/m1/s1. The number of piperidine rings is 1. The lowest BCUT2D eigenvalue weighted by molar-refractivity contribution is -0.153. The van der Waals surface area contributed by atoms with E-state index in [0.29, 0.717) is 6.54 Å². The quantitative estimate of drug-likeness (QED) is 0.606. The molecule has 1 aromatic carbocycles. The highest BCUT2D eigenvalue weighted by Crippen LogP contribution is 2.22. The van der Waals surface area contributed by atoms with Gasteiger partial charge in [0.15, 0.2) is 6.61 Å². The van der Waals surface area contributed by atoms with Crippen molar-refractivity contribution in [1.82, 2.24) is 9.80 Å². The fraction of sp³-hybridized carbons (Fsp3) is 0.444. The van der Waals surface area contributed by atoms with E-state index in [1.54, 1.807) is 29.2 Å². The molecule has 1 atom stereocenters. The number of hydrogen-bond donors (Lipinski definition) is 0. The maximum atomic E-state index is 12.2. The minimum Gasteiger partial charge on any atom is -0.454 e. The Morgan fingerprint density at radius 2 is 1.76 bits per heavy atom. The van der Waals surface area contributed by atoms with Crippen molar-refractivity contribution in [3.8, 4) is 0 Å². The van der Waals surface area contributed by atoms with Gasteiger partial charge >= 0.3 is 5.97 Å². The van der Waals surface area contributed by atoms with Crippen molar-refractivity contribution in [2.24, 2.45) is 0 Å². The Hall–Kier alpha value is -2.70. The molecule has 0 aromatic heterocycles. The summed E-state index contributed by atoms with van der Waals surface area (Å²) in [6, 6.07) is 6.54. The molecule has 1 fully saturated rings. The summed E-state index contributed by atoms with van der Waals surface area (Å²) in [5.41, 5.74) is 0.553. The Kier molecular flexibility index (Phi) is 4.83. The van der Waals surface area contributed by atoms with Gasteiger partial charge in [-0.25, -0.2) is 0 Å². The highest BCUT2D eigenvalue weighted by atomic mass is 16.5. The third-order valence-corrected chi connectivity index (χ3v) is 4.65. The Labute approximate surface area is 145 Å². The summed E-state index contributed by atoms with van der Waals surface area (Å²) in [5.74, 6) is -2.06. The number of amides is 3. The van der Waals surface area contributed by atoms with E-state index in [0.717, 1.165) is 24.2 Å². The minimum atomic E-state index is -0.771. The molecule has 7 heteroatoms. The van der Waals surface area contributed by atoms with Crippen molar-refractivity contribution in [3.05, 3.63) is 35.4 Å². The Bertz CT molecular complexity index is 695. The Morgan fingerprint density at radius 3 is 2.36 bits per heavy atom. The van der Waals surface area contributed by atoms with Gasteiger partial charge in [-0.1, -0.05) is 12.1 Å². The average molecular weight is 344 g/mol. The van der Waals surface area contributed by atoms with E-state index in [2.05, 4.69) is 0 Å². The molecule has 7 nitrogen and oxygen atoms in total. The number of nitrogens with zero attached hydrogens (tertiary/aromatic N) is 2. The van der Waals surface area contributed by atoms with Crippen LogP contribution in [0.25, 0.3) is 0 Å². The number of esters is 1. The lowest BCUT2D eigenvalue weighted by Crippen LogP contribution is -2.44. The van der Waals surface area contributed by atoms with Gasteiger partial charge in [0.05, 0.1) is 11.1 Å². The Morgan fingerprint density at radius 1 is 1.12 bits per heavy atom. The molecule has 132 valence electrons. The molecule has 25 heavy (non-hydrogen) atoms. The zero-order valence-corrected chi connectivity index (χ0v) is 14.1. The monoisotopic (exact) mass is 344 g/mol. The van der Waals surface area contributed by atoms with E-state index in [1.165, 1.54) is 0 Å². The number of benzene rings is 1. The molecule has 0 aliphatic carbocycles. The van der Waals surface area contributed by atoms with Crippen LogP contribution in [-0.2, 0) is 14.3 Å². The normalized spacial score (nSPS) is 19.8. The zero-order valence-electron chi connectivity index (χ0n) is 14.1. The molecule has 0 N–H and O–H groups in total. The smallest absolute Gasteiger partial charge is 0.326 e. The number of carbonyl (C=O) groups excluding carboxylic acids is 4. The highest BCUT2D eigenvalue weighted by Gasteiger charge is 2.36. The molecule has 1 saturated heterocycles. The molecule has 0 bridgehead atoms. The van der Waals surface area contributed by atoms with Crippen LogP contribution >= 0.6 is 0 Å². The molecule has 3 rings (SSSR count). The second-order valence-electron chi connectivity index (χ2n) is 6.33. The first kappa shape index (κ1) is 17.1. The van der Waals surface area contributed by atoms with Crippen LogP contribution in [0, 0.1) is 0 Å². The number of fused-ring (bicyclic) bond motifs is 1. The largest absolute Gasteiger partial charge is 0.454 e. The summed E-state index contributed by atoms with van der Waals surface area (Å²) >= 11 is 0. The number of hydrogen-bond acceptors (Lipinski definition) is 5. The van der Waals surface area contributed by atoms with Crippen molar-refractivity contribution in [2.45, 2.75) is 32.2 Å². The third kappa shape index (κ3) is 3.40. The number of ether oxygens (including phenoxy) is 1. The van der Waals surface area contributed by atoms with Crippen molar-refractivity contribution in [2.75, 3.05) is 19.7 Å². The molecule has 3 amide bonds. The van der Waals surface area contributed by atoms with Gasteiger partial charge in [0.25, 0.3) is 17.7 Å². The molecule has 0 radical (unpaired) electrons. The summed E-state index contributed by atoms with van der Waals surface area (Å²) in [6.45, 7) is 1.77.